The highest BCUT2D eigenvalue weighted by atomic mass is 35.5. The second kappa shape index (κ2) is 3.86. The molecule has 0 saturated carbocycles. The molecular formula is C11H12ClN3S. The van der Waals surface area contributed by atoms with E-state index in [1.54, 1.807) is 0 Å². The van der Waals surface area contributed by atoms with E-state index in [0.29, 0.717) is 12.0 Å². The van der Waals surface area contributed by atoms with Crippen molar-refractivity contribution >= 4 is 40.3 Å². The highest BCUT2D eigenvalue weighted by Crippen LogP contribution is 2.33. The van der Waals surface area contributed by atoms with Gasteiger partial charge in [0.25, 0.3) is 0 Å². The first-order valence-electron chi connectivity index (χ1n) is 5.26. The van der Waals surface area contributed by atoms with E-state index in [-0.39, 0.29) is 0 Å². The number of imidazole rings is 1. The van der Waals surface area contributed by atoms with Gasteiger partial charge in [-0.25, -0.2) is 4.98 Å². The van der Waals surface area contributed by atoms with E-state index >= 15 is 0 Å². The number of nitrogen functional groups attached to an aromatic ring is 1. The van der Waals surface area contributed by atoms with Crippen LogP contribution in [0.2, 0.25) is 5.02 Å². The van der Waals surface area contributed by atoms with Gasteiger partial charge in [-0.3, -0.25) is 0 Å². The molecule has 1 aliphatic rings. The maximum absolute atomic E-state index is 6.02. The lowest BCUT2D eigenvalue weighted by Crippen LogP contribution is -2.10. The van der Waals surface area contributed by atoms with Gasteiger partial charge in [0.2, 0.25) is 5.95 Å². The summed E-state index contributed by atoms with van der Waals surface area (Å²) in [5, 5.41) is 0.735. The summed E-state index contributed by atoms with van der Waals surface area (Å²) < 4.78 is 2.13. The van der Waals surface area contributed by atoms with Crippen LogP contribution in [0.15, 0.2) is 18.2 Å². The quantitative estimate of drug-likeness (QED) is 0.850. The Morgan fingerprint density at radius 1 is 1.50 bits per heavy atom. The molecule has 1 atom stereocenters. The third-order valence-corrected chi connectivity index (χ3v) is 4.33. The Bertz CT molecular complexity index is 531. The summed E-state index contributed by atoms with van der Waals surface area (Å²) in [6.07, 6.45) is 1.16. The SMILES string of the molecule is Nc1nc2ccc(Cl)cc2n1C1CCSC1. The van der Waals surface area contributed by atoms with Gasteiger partial charge in [0.15, 0.2) is 0 Å². The molecule has 0 radical (unpaired) electrons. The highest BCUT2D eigenvalue weighted by Gasteiger charge is 2.21. The fourth-order valence-electron chi connectivity index (χ4n) is 2.19. The van der Waals surface area contributed by atoms with Crippen LogP contribution < -0.4 is 5.73 Å². The molecule has 0 bridgehead atoms. The fraction of sp³-hybridized carbons (Fsp3) is 0.364. The Kier molecular flexibility index (Phi) is 2.48. The molecule has 5 heteroatoms. The molecule has 84 valence electrons. The fourth-order valence-corrected chi connectivity index (χ4v) is 3.55. The number of aromatic nitrogens is 2. The zero-order valence-electron chi connectivity index (χ0n) is 8.69. The Morgan fingerprint density at radius 3 is 3.12 bits per heavy atom. The van der Waals surface area contributed by atoms with Gasteiger partial charge >= 0.3 is 0 Å². The number of nitrogens with zero attached hydrogens (tertiary/aromatic N) is 2. The van der Waals surface area contributed by atoms with Crippen molar-refractivity contribution in [3.05, 3.63) is 23.2 Å². The second-order valence-electron chi connectivity index (χ2n) is 3.99. The molecular weight excluding hydrogens is 242 g/mol. The van der Waals surface area contributed by atoms with Crippen molar-refractivity contribution in [3.8, 4) is 0 Å². The van der Waals surface area contributed by atoms with Crippen LogP contribution in [0.25, 0.3) is 11.0 Å². The molecule has 2 heterocycles. The molecule has 1 saturated heterocycles. The molecule has 2 aromatic rings. The Hall–Kier alpha value is -0.870. The van der Waals surface area contributed by atoms with Crippen LogP contribution in [0.5, 0.6) is 0 Å². The van der Waals surface area contributed by atoms with Crippen LogP contribution in [0, 0.1) is 0 Å². The van der Waals surface area contributed by atoms with Gasteiger partial charge in [-0.2, -0.15) is 11.8 Å². The van der Waals surface area contributed by atoms with E-state index in [2.05, 4.69) is 9.55 Å². The van der Waals surface area contributed by atoms with E-state index in [9.17, 15) is 0 Å². The van der Waals surface area contributed by atoms with Crippen molar-refractivity contribution in [2.75, 3.05) is 17.2 Å². The number of benzene rings is 1. The van der Waals surface area contributed by atoms with Gasteiger partial charge < -0.3 is 10.3 Å². The zero-order chi connectivity index (χ0) is 11.1. The van der Waals surface area contributed by atoms with Crippen molar-refractivity contribution in [2.45, 2.75) is 12.5 Å². The first kappa shape index (κ1) is 10.3. The molecule has 1 aromatic carbocycles. The summed E-state index contributed by atoms with van der Waals surface area (Å²) in [6, 6.07) is 6.19. The Labute approximate surface area is 103 Å². The van der Waals surface area contributed by atoms with Gasteiger partial charge in [0.05, 0.1) is 11.0 Å². The number of fused-ring (bicyclic) bond motifs is 1. The van der Waals surface area contributed by atoms with Gasteiger partial charge in [-0.1, -0.05) is 11.6 Å². The monoisotopic (exact) mass is 253 g/mol. The van der Waals surface area contributed by atoms with Crippen LogP contribution >= 0.6 is 23.4 Å². The summed E-state index contributed by atoms with van der Waals surface area (Å²) in [7, 11) is 0. The van der Waals surface area contributed by atoms with Crippen LogP contribution in [-0.4, -0.2) is 21.1 Å². The number of anilines is 1. The predicted octanol–water partition coefficient (Wildman–Crippen LogP) is 2.95. The molecule has 0 spiro atoms. The lowest BCUT2D eigenvalue weighted by molar-refractivity contribution is 0.583. The molecule has 0 aliphatic carbocycles. The number of thioether (sulfide) groups is 1. The van der Waals surface area contributed by atoms with E-state index in [1.165, 1.54) is 5.75 Å². The van der Waals surface area contributed by atoms with Crippen molar-refractivity contribution in [1.82, 2.24) is 9.55 Å². The van der Waals surface area contributed by atoms with E-state index in [1.807, 2.05) is 30.0 Å². The molecule has 1 aliphatic heterocycles. The topological polar surface area (TPSA) is 43.8 Å². The van der Waals surface area contributed by atoms with Crippen LogP contribution in [0.1, 0.15) is 12.5 Å². The summed E-state index contributed by atoms with van der Waals surface area (Å²) in [5.74, 6) is 2.91. The highest BCUT2D eigenvalue weighted by molar-refractivity contribution is 7.99. The molecule has 0 amide bonds. The molecule has 1 unspecified atom stereocenters. The molecule has 3 rings (SSSR count). The van der Waals surface area contributed by atoms with Gasteiger partial charge in [-0.05, 0) is 30.4 Å². The standard InChI is InChI=1S/C11H12ClN3S/c12-7-1-2-9-10(5-7)15(11(13)14-9)8-3-4-16-6-8/h1-2,5,8H,3-4,6H2,(H2,13,14). The van der Waals surface area contributed by atoms with Gasteiger partial charge in [0.1, 0.15) is 0 Å². The van der Waals surface area contributed by atoms with Crippen LogP contribution in [0.4, 0.5) is 5.95 Å². The van der Waals surface area contributed by atoms with E-state index < -0.39 is 0 Å². The lowest BCUT2D eigenvalue weighted by Gasteiger charge is -2.13. The van der Waals surface area contributed by atoms with Crippen molar-refractivity contribution < 1.29 is 0 Å². The van der Waals surface area contributed by atoms with Crippen molar-refractivity contribution in [1.29, 1.82) is 0 Å². The molecule has 2 N–H and O–H groups in total. The summed E-state index contributed by atoms with van der Waals surface area (Å²) in [5.41, 5.74) is 7.97. The minimum Gasteiger partial charge on any atom is -0.369 e. The lowest BCUT2D eigenvalue weighted by atomic mass is 10.2. The Morgan fingerprint density at radius 2 is 2.38 bits per heavy atom. The molecule has 16 heavy (non-hydrogen) atoms. The summed E-state index contributed by atoms with van der Waals surface area (Å²) in [4.78, 5) is 4.37. The first-order chi connectivity index (χ1) is 7.75. The average molecular weight is 254 g/mol. The number of hydrogen-bond donors (Lipinski definition) is 1. The maximum atomic E-state index is 6.02. The molecule has 1 fully saturated rings. The second-order valence-corrected chi connectivity index (χ2v) is 5.58. The van der Waals surface area contributed by atoms with Gasteiger partial charge in [-0.15, -0.1) is 0 Å². The Balaban J connectivity index is 2.20. The summed E-state index contributed by atoms with van der Waals surface area (Å²) in [6.45, 7) is 0. The summed E-state index contributed by atoms with van der Waals surface area (Å²) >= 11 is 7.98. The third kappa shape index (κ3) is 1.57. The molecule has 1 aromatic heterocycles. The predicted molar refractivity (Wildman–Crippen MR) is 70.1 cm³/mol. The van der Waals surface area contributed by atoms with Gasteiger partial charge in [0, 0.05) is 16.8 Å². The van der Waals surface area contributed by atoms with E-state index in [0.717, 1.165) is 28.2 Å². The molecule has 3 nitrogen and oxygen atoms in total. The number of halogens is 1. The average Bonchev–Trinajstić information content (AvgIpc) is 2.83. The zero-order valence-corrected chi connectivity index (χ0v) is 10.3. The normalized spacial score (nSPS) is 20.7. The first-order valence-corrected chi connectivity index (χ1v) is 6.79. The van der Waals surface area contributed by atoms with Crippen molar-refractivity contribution in [2.24, 2.45) is 0 Å². The van der Waals surface area contributed by atoms with Crippen molar-refractivity contribution in [3.63, 3.8) is 0 Å². The third-order valence-electron chi connectivity index (χ3n) is 2.95. The smallest absolute Gasteiger partial charge is 0.201 e. The maximum Gasteiger partial charge on any atom is 0.201 e. The number of hydrogen-bond acceptors (Lipinski definition) is 3. The van der Waals surface area contributed by atoms with E-state index in [4.69, 9.17) is 17.3 Å². The van der Waals surface area contributed by atoms with Crippen LogP contribution in [0.3, 0.4) is 0 Å². The minimum atomic E-state index is 0.466. The largest absolute Gasteiger partial charge is 0.369 e. The number of nitrogens with two attached hydrogens (primary N) is 1. The minimum absolute atomic E-state index is 0.466. The van der Waals surface area contributed by atoms with Crippen LogP contribution in [-0.2, 0) is 0 Å². The number of rotatable bonds is 1.